The first-order chi connectivity index (χ1) is 9.69. The minimum Gasteiger partial charge on any atom is -0.395 e. The lowest BCUT2D eigenvalue weighted by molar-refractivity contribution is -0.131. The summed E-state index contributed by atoms with van der Waals surface area (Å²) in [6.45, 7) is 2.59. The van der Waals surface area contributed by atoms with Crippen LogP contribution in [0.1, 0.15) is 35.9 Å². The summed E-state index contributed by atoms with van der Waals surface area (Å²) in [6, 6.07) is 3.90. The van der Waals surface area contributed by atoms with Crippen LogP contribution < -0.4 is 5.32 Å². The van der Waals surface area contributed by atoms with Gasteiger partial charge in [0, 0.05) is 11.3 Å². The van der Waals surface area contributed by atoms with Gasteiger partial charge >= 0.3 is 0 Å². The second-order valence-corrected chi connectivity index (χ2v) is 5.94. The zero-order chi connectivity index (χ0) is 14.4. The summed E-state index contributed by atoms with van der Waals surface area (Å²) in [5, 5.41) is 11.6. The van der Waals surface area contributed by atoms with Gasteiger partial charge in [-0.1, -0.05) is 11.8 Å². The maximum Gasteiger partial charge on any atom is 0.249 e. The molecule has 1 saturated heterocycles. The number of carbonyl (C=O) groups excluding carboxylic acids is 1. The van der Waals surface area contributed by atoms with Crippen molar-refractivity contribution in [1.29, 1.82) is 0 Å². The van der Waals surface area contributed by atoms with E-state index in [9.17, 15) is 4.79 Å². The van der Waals surface area contributed by atoms with Crippen LogP contribution >= 0.6 is 11.3 Å². The Hall–Kier alpha value is -1.35. The molecule has 0 saturated carbocycles. The largest absolute Gasteiger partial charge is 0.395 e. The van der Waals surface area contributed by atoms with E-state index in [0.29, 0.717) is 13.0 Å². The highest BCUT2D eigenvalue weighted by Crippen LogP contribution is 2.20. The Morgan fingerprint density at radius 3 is 3.10 bits per heavy atom. The van der Waals surface area contributed by atoms with Gasteiger partial charge in [0.2, 0.25) is 5.91 Å². The lowest BCUT2D eigenvalue weighted by Crippen LogP contribution is -2.33. The van der Waals surface area contributed by atoms with Gasteiger partial charge < -0.3 is 15.2 Å². The second kappa shape index (κ2) is 7.44. The van der Waals surface area contributed by atoms with E-state index in [1.54, 1.807) is 11.3 Å². The standard InChI is InChI=1S/C15H19NO3S/c1-11-5-8-14(19-11)15(18)16-10-13-7-6-12(20-13)4-2-3-9-17/h6-7,11,14,17H,3,5,8-10H2,1H3,(H,16,18). The van der Waals surface area contributed by atoms with E-state index in [1.165, 1.54) is 0 Å². The van der Waals surface area contributed by atoms with Gasteiger partial charge in [-0.25, -0.2) is 0 Å². The molecule has 4 nitrogen and oxygen atoms in total. The molecular formula is C15H19NO3S. The van der Waals surface area contributed by atoms with Crippen LogP contribution in [0.4, 0.5) is 0 Å². The van der Waals surface area contributed by atoms with Gasteiger partial charge in [-0.15, -0.1) is 11.3 Å². The first-order valence-corrected chi connectivity index (χ1v) is 7.62. The molecule has 1 aliphatic rings. The third-order valence-corrected chi connectivity index (χ3v) is 4.07. The van der Waals surface area contributed by atoms with Crippen molar-refractivity contribution in [2.24, 2.45) is 0 Å². The predicted octanol–water partition coefficient (Wildman–Crippen LogP) is 1.67. The van der Waals surface area contributed by atoms with Crippen molar-refractivity contribution in [2.75, 3.05) is 6.61 Å². The summed E-state index contributed by atoms with van der Waals surface area (Å²) < 4.78 is 5.53. The van der Waals surface area contributed by atoms with Gasteiger partial charge in [0.25, 0.3) is 0 Å². The average Bonchev–Trinajstić information content (AvgIpc) is 3.05. The van der Waals surface area contributed by atoms with Gasteiger partial charge in [-0.3, -0.25) is 4.79 Å². The second-order valence-electron chi connectivity index (χ2n) is 4.77. The summed E-state index contributed by atoms with van der Waals surface area (Å²) in [7, 11) is 0. The highest BCUT2D eigenvalue weighted by atomic mass is 32.1. The molecule has 2 unspecified atom stereocenters. The number of hydrogen-bond acceptors (Lipinski definition) is 4. The molecule has 1 fully saturated rings. The quantitative estimate of drug-likeness (QED) is 0.830. The average molecular weight is 293 g/mol. The molecule has 0 aliphatic carbocycles. The summed E-state index contributed by atoms with van der Waals surface area (Å²) in [4.78, 5) is 13.9. The number of rotatable bonds is 4. The van der Waals surface area contributed by atoms with Crippen molar-refractivity contribution in [3.8, 4) is 11.8 Å². The Kier molecular flexibility index (Phi) is 5.60. The Bertz CT molecular complexity index is 515. The number of amides is 1. The van der Waals surface area contributed by atoms with Crippen LogP contribution in [0.3, 0.4) is 0 Å². The van der Waals surface area contributed by atoms with Crippen molar-refractivity contribution in [1.82, 2.24) is 5.32 Å². The maximum absolute atomic E-state index is 11.9. The van der Waals surface area contributed by atoms with Crippen LogP contribution in [0.5, 0.6) is 0 Å². The van der Waals surface area contributed by atoms with Crippen molar-refractivity contribution in [2.45, 2.75) is 44.9 Å². The first kappa shape index (κ1) is 15.0. The minimum atomic E-state index is -0.297. The van der Waals surface area contributed by atoms with E-state index >= 15 is 0 Å². The van der Waals surface area contributed by atoms with Crippen LogP contribution in [0.25, 0.3) is 0 Å². The van der Waals surface area contributed by atoms with Crippen LogP contribution in [-0.4, -0.2) is 29.8 Å². The van der Waals surface area contributed by atoms with Crippen LogP contribution in [-0.2, 0) is 16.1 Å². The number of ether oxygens (including phenoxy) is 1. The summed E-state index contributed by atoms with van der Waals surface area (Å²) in [5.74, 6) is 5.84. The van der Waals surface area contributed by atoms with E-state index in [4.69, 9.17) is 9.84 Å². The molecule has 20 heavy (non-hydrogen) atoms. The first-order valence-electron chi connectivity index (χ1n) is 6.80. The van der Waals surface area contributed by atoms with Crippen LogP contribution in [0.15, 0.2) is 12.1 Å². The smallest absolute Gasteiger partial charge is 0.249 e. The van der Waals surface area contributed by atoms with Gasteiger partial charge in [0.1, 0.15) is 6.10 Å². The topological polar surface area (TPSA) is 58.6 Å². The Balaban J connectivity index is 1.79. The molecule has 108 valence electrons. The van der Waals surface area contributed by atoms with Crippen molar-refractivity contribution in [3.05, 3.63) is 21.9 Å². The molecule has 1 aromatic heterocycles. The minimum absolute atomic E-state index is 0.0318. The molecule has 1 amide bonds. The van der Waals surface area contributed by atoms with Gasteiger partial charge in [-0.2, -0.15) is 0 Å². The zero-order valence-corrected chi connectivity index (χ0v) is 12.3. The Morgan fingerprint density at radius 2 is 2.40 bits per heavy atom. The zero-order valence-electron chi connectivity index (χ0n) is 11.5. The monoisotopic (exact) mass is 293 g/mol. The third kappa shape index (κ3) is 4.34. The Morgan fingerprint density at radius 1 is 1.55 bits per heavy atom. The van der Waals surface area contributed by atoms with Gasteiger partial charge in [0.15, 0.2) is 0 Å². The lowest BCUT2D eigenvalue weighted by atomic mass is 10.2. The van der Waals surface area contributed by atoms with Crippen molar-refractivity contribution in [3.63, 3.8) is 0 Å². The summed E-state index contributed by atoms with van der Waals surface area (Å²) in [6.07, 6.45) is 2.12. The van der Waals surface area contributed by atoms with Crippen molar-refractivity contribution >= 4 is 17.2 Å². The number of carbonyl (C=O) groups is 1. The maximum atomic E-state index is 11.9. The molecule has 0 radical (unpaired) electrons. The Labute approximate surface area is 123 Å². The molecule has 1 aliphatic heterocycles. The molecule has 2 N–H and O–H groups in total. The molecule has 0 aromatic carbocycles. The van der Waals surface area contributed by atoms with E-state index in [-0.39, 0.29) is 24.7 Å². The lowest BCUT2D eigenvalue weighted by Gasteiger charge is -2.10. The van der Waals surface area contributed by atoms with E-state index in [1.807, 2.05) is 19.1 Å². The van der Waals surface area contributed by atoms with Crippen LogP contribution in [0.2, 0.25) is 0 Å². The normalized spacial score (nSPS) is 21.3. The number of aliphatic hydroxyl groups excluding tert-OH is 1. The highest BCUT2D eigenvalue weighted by molar-refractivity contribution is 7.12. The fourth-order valence-electron chi connectivity index (χ4n) is 2.03. The molecule has 0 bridgehead atoms. The third-order valence-electron chi connectivity index (χ3n) is 3.07. The number of hydrogen-bond donors (Lipinski definition) is 2. The highest BCUT2D eigenvalue weighted by Gasteiger charge is 2.27. The van der Waals surface area contributed by atoms with E-state index in [2.05, 4.69) is 17.2 Å². The SMILES string of the molecule is CC1CCC(C(=O)NCc2ccc(C#CCCO)s2)O1. The molecular weight excluding hydrogens is 274 g/mol. The van der Waals surface area contributed by atoms with E-state index < -0.39 is 0 Å². The van der Waals surface area contributed by atoms with Crippen molar-refractivity contribution < 1.29 is 14.6 Å². The summed E-state index contributed by atoms with van der Waals surface area (Å²) >= 11 is 1.56. The fraction of sp³-hybridized carbons (Fsp3) is 0.533. The number of thiophene rings is 1. The van der Waals surface area contributed by atoms with Gasteiger partial charge in [-0.05, 0) is 31.9 Å². The molecule has 0 spiro atoms. The summed E-state index contributed by atoms with van der Waals surface area (Å²) in [5.41, 5.74) is 0. The predicted molar refractivity (Wildman–Crippen MR) is 78.3 cm³/mol. The van der Waals surface area contributed by atoms with Crippen LogP contribution in [0, 0.1) is 11.8 Å². The molecule has 1 aromatic rings. The van der Waals surface area contributed by atoms with Gasteiger partial charge in [0.05, 0.1) is 24.1 Å². The molecule has 2 atom stereocenters. The molecule has 2 heterocycles. The fourth-order valence-corrected chi connectivity index (χ4v) is 2.85. The molecule has 2 rings (SSSR count). The van der Waals surface area contributed by atoms with E-state index in [0.717, 1.165) is 22.6 Å². The number of aliphatic hydroxyl groups is 1. The molecule has 5 heteroatoms. The number of nitrogens with one attached hydrogen (secondary N) is 1.